The fraction of sp³-hybridized carbons (Fsp3) is 0.484. The molecule has 0 spiro atoms. The van der Waals surface area contributed by atoms with Gasteiger partial charge in [-0.3, -0.25) is 4.79 Å². The molecular weight excluding hydrogens is 507 g/mol. The summed E-state index contributed by atoms with van der Waals surface area (Å²) < 4.78 is 44.4. The molecule has 0 atom stereocenters. The maximum atomic E-state index is 12.9. The number of carbonyl (C=O) groups excluding carboxylic acids is 1. The molecule has 2 aromatic carbocycles. The molecule has 0 fully saturated rings. The number of hydrogen-bond acceptors (Lipinski definition) is 3. The molecule has 3 rings (SSSR count). The van der Waals surface area contributed by atoms with Crippen LogP contribution < -0.4 is 0 Å². The number of nitrogens with zero attached hydrogens (tertiary/aromatic N) is 1. The van der Waals surface area contributed by atoms with Crippen molar-refractivity contribution in [2.75, 3.05) is 0 Å². The number of carboxylic acid groups (broad SMARTS) is 1. The van der Waals surface area contributed by atoms with Gasteiger partial charge in [0.05, 0.1) is 11.8 Å². The van der Waals surface area contributed by atoms with Crippen LogP contribution in [0.4, 0.5) is 13.2 Å². The average molecular weight is 546 g/mol. The zero-order valence-corrected chi connectivity index (χ0v) is 22.6. The van der Waals surface area contributed by atoms with Crippen molar-refractivity contribution in [3.8, 4) is 0 Å². The Kier molecular flexibility index (Phi) is 11.4. The highest BCUT2D eigenvalue weighted by Gasteiger charge is 2.30. The largest absolute Gasteiger partial charge is 0.474 e. The van der Waals surface area contributed by atoms with Crippen molar-refractivity contribution >= 4 is 22.8 Å². The Bertz CT molecular complexity index is 1200. The highest BCUT2D eigenvalue weighted by Crippen LogP contribution is 2.30. The second-order valence-corrected chi connectivity index (χ2v) is 10.2. The molecule has 0 saturated carbocycles. The second-order valence-electron chi connectivity index (χ2n) is 10.2. The maximum Gasteiger partial charge on any atom is 0.416 e. The maximum absolute atomic E-state index is 12.9. The van der Waals surface area contributed by atoms with Crippen LogP contribution in [0.1, 0.15) is 93.4 Å². The number of carbonyl (C=O) groups is 2. The number of aryl methyl sites for hydroxylation is 1. The lowest BCUT2D eigenvalue weighted by molar-refractivity contribution is -0.156. The van der Waals surface area contributed by atoms with Gasteiger partial charge in [0.1, 0.15) is 5.58 Å². The molecule has 212 valence electrons. The van der Waals surface area contributed by atoms with Crippen LogP contribution in [0.3, 0.4) is 0 Å². The fourth-order valence-corrected chi connectivity index (χ4v) is 4.80. The minimum atomic E-state index is -4.47. The molecule has 0 saturated heterocycles. The molecule has 1 N–H and O–H groups in total. The number of fused-ring (bicyclic) bond motifs is 1. The molecule has 0 aliphatic carbocycles. The number of alkyl halides is 3. The minimum Gasteiger partial charge on any atom is -0.474 e. The van der Waals surface area contributed by atoms with Gasteiger partial charge in [0, 0.05) is 18.5 Å². The molecule has 39 heavy (non-hydrogen) atoms. The Morgan fingerprint density at radius 3 is 1.97 bits per heavy atom. The van der Waals surface area contributed by atoms with Crippen molar-refractivity contribution in [1.82, 2.24) is 4.90 Å². The lowest BCUT2D eigenvalue weighted by Crippen LogP contribution is -2.35. The van der Waals surface area contributed by atoms with E-state index in [0.29, 0.717) is 5.56 Å². The van der Waals surface area contributed by atoms with E-state index in [1.54, 1.807) is 18.4 Å². The number of aliphatic carboxylic acids is 1. The van der Waals surface area contributed by atoms with Gasteiger partial charge in [0.15, 0.2) is 0 Å². The van der Waals surface area contributed by atoms with Gasteiger partial charge in [0.2, 0.25) is 0 Å². The van der Waals surface area contributed by atoms with Crippen LogP contribution in [0.15, 0.2) is 53.1 Å². The van der Waals surface area contributed by atoms with E-state index in [0.717, 1.165) is 58.4 Å². The van der Waals surface area contributed by atoms with Gasteiger partial charge in [-0.1, -0.05) is 82.9 Å². The van der Waals surface area contributed by atoms with Gasteiger partial charge < -0.3 is 14.4 Å². The number of amides is 1. The molecule has 0 unspecified atom stereocenters. The van der Waals surface area contributed by atoms with E-state index >= 15 is 0 Å². The van der Waals surface area contributed by atoms with E-state index in [-0.39, 0.29) is 13.1 Å². The number of furan rings is 1. The number of benzene rings is 2. The number of hydrogen-bond donors (Lipinski definition) is 1. The van der Waals surface area contributed by atoms with E-state index in [1.807, 2.05) is 6.07 Å². The predicted octanol–water partition coefficient (Wildman–Crippen LogP) is 8.53. The molecule has 0 radical (unpaired) electrons. The quantitative estimate of drug-likeness (QED) is 0.153. The van der Waals surface area contributed by atoms with Crippen LogP contribution >= 0.6 is 0 Å². The summed E-state index contributed by atoms with van der Waals surface area (Å²) in [5, 5.41) is 10.2. The Hall–Kier alpha value is -3.29. The zero-order chi connectivity index (χ0) is 28.3. The van der Waals surface area contributed by atoms with Crippen molar-refractivity contribution in [3.05, 3.63) is 71.0 Å². The lowest BCUT2D eigenvalue weighted by Gasteiger charge is -2.21. The Labute approximate surface area is 228 Å². The first kappa shape index (κ1) is 30.3. The summed E-state index contributed by atoms with van der Waals surface area (Å²) >= 11 is 0. The molecule has 1 heterocycles. The normalized spacial score (nSPS) is 11.7. The molecule has 0 aliphatic rings. The summed E-state index contributed by atoms with van der Waals surface area (Å²) in [5.74, 6) is -2.74. The molecule has 0 aliphatic heterocycles. The summed E-state index contributed by atoms with van der Waals surface area (Å²) in [6, 6.07) is 9.84. The third-order valence-electron chi connectivity index (χ3n) is 7.02. The van der Waals surface area contributed by atoms with Gasteiger partial charge in [-0.15, -0.1) is 0 Å². The average Bonchev–Trinajstić information content (AvgIpc) is 3.30. The zero-order valence-electron chi connectivity index (χ0n) is 22.6. The van der Waals surface area contributed by atoms with Crippen LogP contribution in [0, 0.1) is 0 Å². The monoisotopic (exact) mass is 545 g/mol. The highest BCUT2D eigenvalue weighted by molar-refractivity contribution is 6.31. The standard InChI is InChI=1S/C31H38F3NO4/c1-2-3-4-5-6-7-8-9-10-11-12-25-22-39-28-18-15-24(19-27(25)28)21-35(29(36)30(37)38)20-23-13-16-26(17-14-23)31(32,33)34/h13-19,22H,2-12,20-21H2,1H3,(H,37,38). The van der Waals surface area contributed by atoms with Crippen LogP contribution in [-0.4, -0.2) is 21.9 Å². The predicted molar refractivity (Wildman–Crippen MR) is 145 cm³/mol. The lowest BCUT2D eigenvalue weighted by atomic mass is 10.0. The number of carboxylic acids is 1. The minimum absolute atomic E-state index is 0.00493. The van der Waals surface area contributed by atoms with E-state index in [2.05, 4.69) is 6.92 Å². The van der Waals surface area contributed by atoms with E-state index in [9.17, 15) is 27.9 Å². The SMILES string of the molecule is CCCCCCCCCCCCc1coc2ccc(CN(Cc3ccc(C(F)(F)F)cc3)C(=O)C(=O)O)cc12. The van der Waals surface area contributed by atoms with Crippen LogP contribution in [0.2, 0.25) is 0 Å². The third-order valence-corrected chi connectivity index (χ3v) is 7.02. The van der Waals surface area contributed by atoms with Gasteiger partial charge in [-0.2, -0.15) is 13.2 Å². The summed E-state index contributed by atoms with van der Waals surface area (Å²) in [7, 11) is 0. The number of halogens is 3. The van der Waals surface area contributed by atoms with Gasteiger partial charge in [-0.05, 0) is 53.8 Å². The topological polar surface area (TPSA) is 70.8 Å². The van der Waals surface area contributed by atoms with Crippen molar-refractivity contribution in [3.63, 3.8) is 0 Å². The molecular formula is C31H38F3NO4. The van der Waals surface area contributed by atoms with Crippen molar-refractivity contribution in [1.29, 1.82) is 0 Å². The number of rotatable bonds is 15. The van der Waals surface area contributed by atoms with Crippen molar-refractivity contribution in [2.24, 2.45) is 0 Å². The molecule has 0 bridgehead atoms. The molecule has 1 amide bonds. The second kappa shape index (κ2) is 14.8. The van der Waals surface area contributed by atoms with E-state index < -0.39 is 23.6 Å². The fourth-order valence-electron chi connectivity index (χ4n) is 4.80. The van der Waals surface area contributed by atoms with Crippen LogP contribution in [0.5, 0.6) is 0 Å². The van der Waals surface area contributed by atoms with Crippen molar-refractivity contribution < 1.29 is 32.3 Å². The smallest absolute Gasteiger partial charge is 0.416 e. The molecule has 8 heteroatoms. The van der Waals surface area contributed by atoms with Crippen LogP contribution in [-0.2, 0) is 35.3 Å². The Morgan fingerprint density at radius 1 is 0.821 bits per heavy atom. The molecule has 3 aromatic rings. The molecule has 1 aromatic heterocycles. The first-order valence-corrected chi connectivity index (χ1v) is 13.9. The van der Waals surface area contributed by atoms with E-state index in [1.165, 1.54) is 63.5 Å². The third kappa shape index (κ3) is 9.44. The van der Waals surface area contributed by atoms with Crippen molar-refractivity contribution in [2.45, 2.75) is 96.8 Å². The van der Waals surface area contributed by atoms with Gasteiger partial charge in [-0.25, -0.2) is 4.79 Å². The first-order chi connectivity index (χ1) is 18.7. The van der Waals surface area contributed by atoms with E-state index in [4.69, 9.17) is 4.42 Å². The summed E-state index contributed by atoms with van der Waals surface area (Å²) in [6.07, 6.45) is 10.7. The summed E-state index contributed by atoms with van der Waals surface area (Å²) in [6.45, 7) is 2.11. The highest BCUT2D eigenvalue weighted by atomic mass is 19.4. The van der Waals surface area contributed by atoms with Gasteiger partial charge >= 0.3 is 18.1 Å². The number of unbranched alkanes of at least 4 members (excludes halogenated alkanes) is 9. The van der Waals surface area contributed by atoms with Gasteiger partial charge in [0.25, 0.3) is 0 Å². The first-order valence-electron chi connectivity index (χ1n) is 13.9. The molecule has 5 nitrogen and oxygen atoms in total. The summed E-state index contributed by atoms with van der Waals surface area (Å²) in [4.78, 5) is 25.0. The summed E-state index contributed by atoms with van der Waals surface area (Å²) in [5.41, 5.74) is 2.12. The van der Waals surface area contributed by atoms with Crippen LogP contribution in [0.25, 0.3) is 11.0 Å². The Morgan fingerprint density at radius 2 is 1.38 bits per heavy atom. The Balaban J connectivity index is 1.59.